The Hall–Kier alpha value is -2.01. The van der Waals surface area contributed by atoms with Gasteiger partial charge >= 0.3 is 0 Å². The molecule has 0 aliphatic heterocycles. The molecule has 0 bridgehead atoms. The second-order valence-electron chi connectivity index (χ2n) is 4.73. The van der Waals surface area contributed by atoms with Crippen LogP contribution in [0.1, 0.15) is 25.0 Å². The van der Waals surface area contributed by atoms with Gasteiger partial charge in [0.2, 0.25) is 0 Å². The molecule has 1 aromatic heterocycles. The Kier molecular flexibility index (Phi) is 4.63. The third kappa shape index (κ3) is 3.30. The summed E-state index contributed by atoms with van der Waals surface area (Å²) in [4.78, 5) is 0. The van der Waals surface area contributed by atoms with Crippen LogP contribution in [0.2, 0.25) is 0 Å². The maximum atomic E-state index is 6.18. The molecule has 0 aliphatic rings. The summed E-state index contributed by atoms with van der Waals surface area (Å²) < 4.78 is 12.9. The summed E-state index contributed by atoms with van der Waals surface area (Å²) in [5.74, 6) is 1.57. The predicted molar refractivity (Wildman–Crippen MR) is 77.8 cm³/mol. The number of aryl methyl sites for hydroxylation is 1. The lowest BCUT2D eigenvalue weighted by Crippen LogP contribution is -2.31. The summed E-state index contributed by atoms with van der Waals surface area (Å²) in [7, 11) is 3.52. The minimum absolute atomic E-state index is 0.0821. The number of rotatable bonds is 6. The van der Waals surface area contributed by atoms with Gasteiger partial charge in [-0.15, -0.1) is 0 Å². The molecule has 0 spiro atoms. The van der Waals surface area contributed by atoms with Crippen LogP contribution in [0.25, 0.3) is 0 Å². The Morgan fingerprint density at radius 3 is 2.40 bits per heavy atom. The highest BCUT2D eigenvalue weighted by Crippen LogP contribution is 2.26. The fourth-order valence-corrected chi connectivity index (χ4v) is 2.00. The van der Waals surface area contributed by atoms with Crippen LogP contribution in [0.4, 0.5) is 0 Å². The van der Waals surface area contributed by atoms with E-state index in [4.69, 9.17) is 15.2 Å². The third-order valence-corrected chi connectivity index (χ3v) is 3.24. The Balaban J connectivity index is 2.18. The molecule has 0 radical (unpaired) electrons. The molecule has 2 atom stereocenters. The van der Waals surface area contributed by atoms with Crippen LogP contribution in [0.15, 0.2) is 36.7 Å². The zero-order chi connectivity index (χ0) is 14.5. The predicted octanol–water partition coefficient (Wildman–Crippen LogP) is 2.29. The Labute approximate surface area is 119 Å². The van der Waals surface area contributed by atoms with Crippen molar-refractivity contribution >= 4 is 0 Å². The quantitative estimate of drug-likeness (QED) is 0.878. The molecule has 0 amide bonds. The first-order valence-corrected chi connectivity index (χ1v) is 6.69. The van der Waals surface area contributed by atoms with Crippen molar-refractivity contribution in [3.8, 4) is 11.5 Å². The van der Waals surface area contributed by atoms with Gasteiger partial charge in [-0.2, -0.15) is 5.10 Å². The van der Waals surface area contributed by atoms with E-state index in [1.165, 1.54) is 0 Å². The van der Waals surface area contributed by atoms with Crippen molar-refractivity contribution < 1.29 is 9.47 Å². The van der Waals surface area contributed by atoms with E-state index in [1.807, 2.05) is 44.4 Å². The normalized spacial score (nSPS) is 13.8. The van der Waals surface area contributed by atoms with Crippen molar-refractivity contribution in [3.63, 3.8) is 0 Å². The van der Waals surface area contributed by atoms with Crippen LogP contribution in [-0.2, 0) is 7.05 Å². The molecular formula is C15H21N3O2. The molecule has 108 valence electrons. The average molecular weight is 275 g/mol. The highest BCUT2D eigenvalue weighted by molar-refractivity contribution is 5.32. The molecule has 20 heavy (non-hydrogen) atoms. The van der Waals surface area contributed by atoms with E-state index in [1.54, 1.807) is 18.0 Å². The van der Waals surface area contributed by atoms with Crippen LogP contribution in [-0.4, -0.2) is 22.9 Å². The van der Waals surface area contributed by atoms with Gasteiger partial charge in [-0.05, 0) is 30.7 Å². The minimum atomic E-state index is -0.206. The number of benzene rings is 1. The van der Waals surface area contributed by atoms with E-state index >= 15 is 0 Å². The van der Waals surface area contributed by atoms with Gasteiger partial charge in [0, 0.05) is 24.8 Å². The van der Waals surface area contributed by atoms with Gasteiger partial charge in [0.1, 0.15) is 17.6 Å². The lowest BCUT2D eigenvalue weighted by atomic mass is 10.0. The Morgan fingerprint density at radius 1 is 1.25 bits per heavy atom. The van der Waals surface area contributed by atoms with Crippen molar-refractivity contribution in [2.24, 2.45) is 12.8 Å². The maximum absolute atomic E-state index is 6.18. The van der Waals surface area contributed by atoms with Crippen LogP contribution in [0.5, 0.6) is 11.5 Å². The van der Waals surface area contributed by atoms with Gasteiger partial charge in [-0.25, -0.2) is 0 Å². The smallest absolute Gasteiger partial charge is 0.142 e. The molecule has 0 saturated carbocycles. The van der Waals surface area contributed by atoms with E-state index in [0.717, 1.165) is 23.5 Å². The van der Waals surface area contributed by atoms with E-state index in [9.17, 15) is 0 Å². The summed E-state index contributed by atoms with van der Waals surface area (Å²) >= 11 is 0. The van der Waals surface area contributed by atoms with Crippen molar-refractivity contribution in [3.05, 3.63) is 42.2 Å². The second-order valence-corrected chi connectivity index (χ2v) is 4.73. The van der Waals surface area contributed by atoms with Gasteiger partial charge in [0.25, 0.3) is 0 Å². The van der Waals surface area contributed by atoms with Gasteiger partial charge in [-0.1, -0.05) is 6.92 Å². The molecular weight excluding hydrogens is 254 g/mol. The largest absolute Gasteiger partial charge is 0.497 e. The first kappa shape index (κ1) is 14.4. The summed E-state index contributed by atoms with van der Waals surface area (Å²) in [6.07, 6.45) is 4.35. The molecule has 5 nitrogen and oxygen atoms in total. The molecule has 0 saturated heterocycles. The SMILES string of the molecule is CCC(N)C(Oc1ccc(OC)cc1)c1cnn(C)c1. The van der Waals surface area contributed by atoms with Crippen LogP contribution >= 0.6 is 0 Å². The number of hydrogen-bond acceptors (Lipinski definition) is 4. The molecule has 0 aliphatic carbocycles. The molecule has 1 heterocycles. The molecule has 2 rings (SSSR count). The van der Waals surface area contributed by atoms with Crippen molar-refractivity contribution in [1.82, 2.24) is 9.78 Å². The van der Waals surface area contributed by atoms with Gasteiger partial charge in [0.05, 0.1) is 13.3 Å². The third-order valence-electron chi connectivity index (χ3n) is 3.24. The summed E-state index contributed by atoms with van der Waals surface area (Å²) in [6.45, 7) is 2.05. The highest BCUT2D eigenvalue weighted by atomic mass is 16.5. The molecule has 5 heteroatoms. The Morgan fingerprint density at radius 2 is 1.90 bits per heavy atom. The van der Waals surface area contributed by atoms with E-state index in [0.29, 0.717) is 0 Å². The van der Waals surface area contributed by atoms with Crippen LogP contribution < -0.4 is 15.2 Å². The Bertz CT molecular complexity index is 536. The summed E-state index contributed by atoms with van der Waals surface area (Å²) in [5.41, 5.74) is 7.16. The molecule has 1 aromatic carbocycles. The van der Waals surface area contributed by atoms with Gasteiger partial charge in [0.15, 0.2) is 0 Å². The average Bonchev–Trinajstić information content (AvgIpc) is 2.91. The number of hydrogen-bond donors (Lipinski definition) is 1. The fourth-order valence-electron chi connectivity index (χ4n) is 2.00. The number of ether oxygens (including phenoxy) is 2. The topological polar surface area (TPSA) is 62.3 Å². The summed E-state index contributed by atoms with van der Waals surface area (Å²) in [5, 5.41) is 4.18. The zero-order valence-electron chi connectivity index (χ0n) is 12.1. The lowest BCUT2D eigenvalue weighted by Gasteiger charge is -2.23. The maximum Gasteiger partial charge on any atom is 0.142 e. The lowest BCUT2D eigenvalue weighted by molar-refractivity contribution is 0.171. The highest BCUT2D eigenvalue weighted by Gasteiger charge is 2.22. The van der Waals surface area contributed by atoms with Crippen molar-refractivity contribution in [2.75, 3.05) is 7.11 Å². The van der Waals surface area contributed by atoms with E-state index < -0.39 is 0 Å². The van der Waals surface area contributed by atoms with Crippen molar-refractivity contribution in [1.29, 1.82) is 0 Å². The molecule has 2 N–H and O–H groups in total. The van der Waals surface area contributed by atoms with Crippen LogP contribution in [0, 0.1) is 0 Å². The van der Waals surface area contributed by atoms with Crippen LogP contribution in [0.3, 0.4) is 0 Å². The summed E-state index contributed by atoms with van der Waals surface area (Å²) in [6, 6.07) is 7.41. The number of nitrogens with two attached hydrogens (primary N) is 1. The first-order chi connectivity index (χ1) is 9.63. The minimum Gasteiger partial charge on any atom is -0.497 e. The fraction of sp³-hybridized carbons (Fsp3) is 0.400. The van der Waals surface area contributed by atoms with E-state index in [-0.39, 0.29) is 12.1 Å². The van der Waals surface area contributed by atoms with Gasteiger partial charge < -0.3 is 15.2 Å². The molecule has 2 unspecified atom stereocenters. The molecule has 0 fully saturated rings. The number of nitrogens with zero attached hydrogens (tertiary/aromatic N) is 2. The standard InChI is InChI=1S/C15H21N3O2/c1-4-14(16)15(11-9-17-18(2)10-11)20-13-7-5-12(19-3)6-8-13/h5-10,14-15H,4,16H2,1-3H3. The van der Waals surface area contributed by atoms with Crippen molar-refractivity contribution in [2.45, 2.75) is 25.5 Å². The number of aromatic nitrogens is 2. The van der Waals surface area contributed by atoms with E-state index in [2.05, 4.69) is 5.10 Å². The zero-order valence-corrected chi connectivity index (χ0v) is 12.1. The first-order valence-electron chi connectivity index (χ1n) is 6.69. The monoisotopic (exact) mass is 275 g/mol. The number of methoxy groups -OCH3 is 1. The second kappa shape index (κ2) is 6.43. The molecule has 2 aromatic rings. The van der Waals surface area contributed by atoms with Gasteiger partial charge in [-0.3, -0.25) is 4.68 Å².